The van der Waals surface area contributed by atoms with Crippen LogP contribution in [-0.4, -0.2) is 45.0 Å². The molecule has 3 rings (SSSR count). The summed E-state index contributed by atoms with van der Waals surface area (Å²) in [6, 6.07) is 1.41. The second-order valence-corrected chi connectivity index (χ2v) is 5.65. The van der Waals surface area contributed by atoms with E-state index in [9.17, 15) is 9.18 Å². The fourth-order valence-corrected chi connectivity index (χ4v) is 2.54. The van der Waals surface area contributed by atoms with Gasteiger partial charge < -0.3 is 9.64 Å². The van der Waals surface area contributed by atoms with Crippen molar-refractivity contribution in [2.45, 2.75) is 18.9 Å². The molecule has 6 nitrogen and oxygen atoms in total. The van der Waals surface area contributed by atoms with Crippen LogP contribution in [0.1, 0.15) is 23.2 Å². The summed E-state index contributed by atoms with van der Waals surface area (Å²) in [6.45, 7) is 0.984. The van der Waals surface area contributed by atoms with Crippen molar-refractivity contribution in [1.82, 2.24) is 19.9 Å². The summed E-state index contributed by atoms with van der Waals surface area (Å²) in [6.07, 6.45) is 6.69. The standard InChI is InChI=1S/C15H14ClFN4O2/c16-11-6-19-15(20-7-11)23-13-2-1-3-21(9-13)14(22)10-4-12(17)8-18-5-10/h4-8,13H,1-3,9H2. The molecule has 2 aromatic heterocycles. The average Bonchev–Trinajstić information content (AvgIpc) is 2.56. The maximum atomic E-state index is 13.2. The fourth-order valence-electron chi connectivity index (χ4n) is 2.44. The number of pyridine rings is 1. The number of hydrogen-bond donors (Lipinski definition) is 0. The molecule has 1 aliphatic heterocycles. The zero-order valence-electron chi connectivity index (χ0n) is 12.2. The summed E-state index contributed by atoms with van der Waals surface area (Å²) in [4.78, 5) is 25.7. The second-order valence-electron chi connectivity index (χ2n) is 5.21. The van der Waals surface area contributed by atoms with Crippen LogP contribution in [0.15, 0.2) is 30.9 Å². The van der Waals surface area contributed by atoms with Gasteiger partial charge in [-0.15, -0.1) is 0 Å². The highest BCUT2D eigenvalue weighted by atomic mass is 35.5. The maximum Gasteiger partial charge on any atom is 0.316 e. The quantitative estimate of drug-likeness (QED) is 0.860. The van der Waals surface area contributed by atoms with Crippen molar-refractivity contribution in [3.63, 3.8) is 0 Å². The molecule has 2 aromatic rings. The predicted octanol–water partition coefficient (Wildman–Crippen LogP) is 2.35. The molecule has 0 N–H and O–H groups in total. The molecule has 120 valence electrons. The number of carbonyl (C=O) groups excluding carboxylic acids is 1. The molecular formula is C15H14ClFN4O2. The molecule has 1 fully saturated rings. The zero-order chi connectivity index (χ0) is 16.2. The fraction of sp³-hybridized carbons (Fsp3) is 0.333. The van der Waals surface area contributed by atoms with E-state index in [1.54, 1.807) is 4.90 Å². The molecule has 0 bridgehead atoms. The molecule has 3 heterocycles. The van der Waals surface area contributed by atoms with Crippen LogP contribution < -0.4 is 4.74 Å². The number of rotatable bonds is 3. The van der Waals surface area contributed by atoms with Gasteiger partial charge in [-0.3, -0.25) is 9.78 Å². The van der Waals surface area contributed by atoms with Gasteiger partial charge in [0.2, 0.25) is 0 Å². The number of nitrogens with zero attached hydrogens (tertiary/aromatic N) is 4. The van der Waals surface area contributed by atoms with E-state index < -0.39 is 5.82 Å². The molecule has 1 aliphatic rings. The van der Waals surface area contributed by atoms with Crippen LogP contribution in [0.25, 0.3) is 0 Å². The first kappa shape index (κ1) is 15.6. The zero-order valence-corrected chi connectivity index (χ0v) is 12.9. The summed E-state index contributed by atoms with van der Waals surface area (Å²) < 4.78 is 18.9. The van der Waals surface area contributed by atoms with Gasteiger partial charge in [0.25, 0.3) is 5.91 Å². The van der Waals surface area contributed by atoms with E-state index in [4.69, 9.17) is 16.3 Å². The van der Waals surface area contributed by atoms with Crippen molar-refractivity contribution < 1.29 is 13.9 Å². The average molecular weight is 337 g/mol. The Kier molecular flexibility index (Phi) is 4.66. The van der Waals surface area contributed by atoms with Crippen LogP contribution >= 0.6 is 11.6 Å². The minimum absolute atomic E-state index is 0.213. The Hall–Kier alpha value is -2.28. The molecule has 23 heavy (non-hydrogen) atoms. The Morgan fingerprint density at radius 2 is 2.09 bits per heavy atom. The molecule has 1 amide bonds. The number of hydrogen-bond acceptors (Lipinski definition) is 5. The first-order chi connectivity index (χ1) is 11.1. The lowest BCUT2D eigenvalue weighted by atomic mass is 10.1. The molecule has 0 spiro atoms. The van der Waals surface area contributed by atoms with E-state index in [0.717, 1.165) is 19.0 Å². The van der Waals surface area contributed by atoms with E-state index in [2.05, 4.69) is 15.0 Å². The topological polar surface area (TPSA) is 68.2 Å². The molecule has 0 aromatic carbocycles. The van der Waals surface area contributed by atoms with Gasteiger partial charge in [0.1, 0.15) is 11.9 Å². The van der Waals surface area contributed by atoms with Crippen molar-refractivity contribution in [2.24, 2.45) is 0 Å². The first-order valence-corrected chi connectivity index (χ1v) is 7.53. The summed E-state index contributed by atoms with van der Waals surface area (Å²) in [5.74, 6) is -0.794. The van der Waals surface area contributed by atoms with Crippen LogP contribution in [0, 0.1) is 5.82 Å². The summed E-state index contributed by atoms with van der Waals surface area (Å²) in [5.41, 5.74) is 0.230. The monoisotopic (exact) mass is 336 g/mol. The van der Waals surface area contributed by atoms with E-state index >= 15 is 0 Å². The van der Waals surface area contributed by atoms with E-state index in [1.807, 2.05) is 0 Å². The highest BCUT2D eigenvalue weighted by molar-refractivity contribution is 6.30. The van der Waals surface area contributed by atoms with Gasteiger partial charge in [-0.2, -0.15) is 0 Å². The maximum absolute atomic E-state index is 13.2. The van der Waals surface area contributed by atoms with E-state index in [1.165, 1.54) is 24.7 Å². The lowest BCUT2D eigenvalue weighted by molar-refractivity contribution is 0.0515. The minimum atomic E-state index is -0.532. The highest BCUT2D eigenvalue weighted by Crippen LogP contribution is 2.18. The minimum Gasteiger partial charge on any atom is -0.458 e. The van der Waals surface area contributed by atoms with Gasteiger partial charge in [0, 0.05) is 12.7 Å². The first-order valence-electron chi connectivity index (χ1n) is 7.16. The Labute approximate surface area is 137 Å². The van der Waals surface area contributed by atoms with Crippen LogP contribution in [0.4, 0.5) is 4.39 Å². The number of likely N-dealkylation sites (tertiary alicyclic amines) is 1. The number of halogens is 2. The number of ether oxygens (including phenoxy) is 1. The molecule has 0 aliphatic carbocycles. The number of piperidine rings is 1. The largest absolute Gasteiger partial charge is 0.458 e. The van der Waals surface area contributed by atoms with Gasteiger partial charge in [-0.25, -0.2) is 14.4 Å². The molecule has 0 radical (unpaired) electrons. The van der Waals surface area contributed by atoms with Gasteiger partial charge in [0.15, 0.2) is 0 Å². The Bertz CT molecular complexity index is 698. The van der Waals surface area contributed by atoms with Crippen molar-refractivity contribution in [3.8, 4) is 6.01 Å². The Morgan fingerprint density at radius 1 is 1.30 bits per heavy atom. The summed E-state index contributed by atoms with van der Waals surface area (Å²) in [7, 11) is 0. The van der Waals surface area contributed by atoms with Crippen molar-refractivity contribution in [3.05, 3.63) is 47.3 Å². The molecule has 0 saturated carbocycles. The third-order valence-corrected chi connectivity index (χ3v) is 3.68. The van der Waals surface area contributed by atoms with E-state index in [-0.39, 0.29) is 23.6 Å². The number of aromatic nitrogens is 3. The third kappa shape index (κ3) is 3.92. The summed E-state index contributed by atoms with van der Waals surface area (Å²) in [5, 5.41) is 0.427. The van der Waals surface area contributed by atoms with Crippen molar-refractivity contribution >= 4 is 17.5 Å². The number of amides is 1. The van der Waals surface area contributed by atoms with Crippen LogP contribution in [-0.2, 0) is 0 Å². The normalized spacial score (nSPS) is 17.8. The summed E-state index contributed by atoms with van der Waals surface area (Å²) >= 11 is 5.73. The van der Waals surface area contributed by atoms with Crippen molar-refractivity contribution in [2.75, 3.05) is 13.1 Å². The van der Waals surface area contributed by atoms with Crippen LogP contribution in [0.3, 0.4) is 0 Å². The number of carbonyl (C=O) groups is 1. The van der Waals surface area contributed by atoms with Crippen molar-refractivity contribution in [1.29, 1.82) is 0 Å². The molecule has 1 atom stereocenters. The molecule has 8 heteroatoms. The second kappa shape index (κ2) is 6.87. The third-order valence-electron chi connectivity index (χ3n) is 3.49. The lowest BCUT2D eigenvalue weighted by Crippen LogP contribution is -2.44. The molecule has 1 unspecified atom stereocenters. The highest BCUT2D eigenvalue weighted by Gasteiger charge is 2.26. The SMILES string of the molecule is O=C(c1cncc(F)c1)N1CCCC(Oc2ncc(Cl)cn2)C1. The van der Waals surface area contributed by atoms with Gasteiger partial charge in [-0.1, -0.05) is 11.6 Å². The Balaban J connectivity index is 1.66. The molecule has 1 saturated heterocycles. The predicted molar refractivity (Wildman–Crippen MR) is 80.8 cm³/mol. The van der Waals surface area contributed by atoms with E-state index in [0.29, 0.717) is 18.1 Å². The molecular weight excluding hydrogens is 323 g/mol. The van der Waals surface area contributed by atoms with Crippen LogP contribution in [0.2, 0.25) is 5.02 Å². The van der Waals surface area contributed by atoms with Crippen LogP contribution in [0.5, 0.6) is 6.01 Å². The Morgan fingerprint density at radius 3 is 2.83 bits per heavy atom. The van der Waals surface area contributed by atoms with Gasteiger partial charge >= 0.3 is 6.01 Å². The van der Waals surface area contributed by atoms with Gasteiger partial charge in [-0.05, 0) is 18.9 Å². The van der Waals surface area contributed by atoms with Gasteiger partial charge in [0.05, 0.1) is 35.7 Å². The lowest BCUT2D eigenvalue weighted by Gasteiger charge is -2.32. The smallest absolute Gasteiger partial charge is 0.316 e.